The summed E-state index contributed by atoms with van der Waals surface area (Å²) in [6.45, 7) is 8.69. The van der Waals surface area contributed by atoms with Gasteiger partial charge < -0.3 is 9.64 Å². The lowest BCUT2D eigenvalue weighted by atomic mass is 9.84. The number of amides is 1. The van der Waals surface area contributed by atoms with Gasteiger partial charge in [0, 0.05) is 11.7 Å². The highest BCUT2D eigenvalue weighted by molar-refractivity contribution is 8.00. The van der Waals surface area contributed by atoms with Crippen LogP contribution in [-0.2, 0) is 14.3 Å². The summed E-state index contributed by atoms with van der Waals surface area (Å²) in [6, 6.07) is -0.394. The minimum atomic E-state index is -0.394. The highest BCUT2D eigenvalue weighted by atomic mass is 32.2. The van der Waals surface area contributed by atoms with Crippen LogP contribution in [0.25, 0.3) is 0 Å². The van der Waals surface area contributed by atoms with E-state index >= 15 is 0 Å². The summed E-state index contributed by atoms with van der Waals surface area (Å²) < 4.78 is 5.38. The highest BCUT2D eigenvalue weighted by Crippen LogP contribution is 2.38. The maximum atomic E-state index is 12.7. The summed E-state index contributed by atoms with van der Waals surface area (Å²) in [4.78, 5) is 26.9. The first-order chi connectivity index (χ1) is 9.91. The first-order valence-corrected chi connectivity index (χ1v) is 9.07. The number of rotatable bonds is 5. The van der Waals surface area contributed by atoms with E-state index in [0.29, 0.717) is 24.2 Å². The Morgan fingerprint density at radius 2 is 1.90 bits per heavy atom. The Labute approximate surface area is 132 Å². The van der Waals surface area contributed by atoms with Crippen LogP contribution in [0.5, 0.6) is 0 Å². The number of esters is 1. The standard InChI is InChI=1S/C16H27NO3S/c1-10(2)8-20-16(19)13-9-21-15(11(3)4)17(13)14(18)12-6-5-7-12/h10-13,15H,5-9H2,1-4H3. The molecule has 2 rings (SSSR count). The van der Waals surface area contributed by atoms with Gasteiger partial charge in [-0.15, -0.1) is 11.8 Å². The van der Waals surface area contributed by atoms with Crippen LogP contribution in [0.2, 0.25) is 0 Å². The lowest BCUT2D eigenvalue weighted by molar-refractivity contribution is -0.157. The molecule has 2 atom stereocenters. The van der Waals surface area contributed by atoms with Gasteiger partial charge in [0.05, 0.1) is 12.0 Å². The molecular weight excluding hydrogens is 286 g/mol. The Bertz CT molecular complexity index is 393. The fourth-order valence-corrected chi connectivity index (χ4v) is 4.19. The van der Waals surface area contributed by atoms with Crippen molar-refractivity contribution in [2.24, 2.45) is 17.8 Å². The largest absolute Gasteiger partial charge is 0.464 e. The fourth-order valence-electron chi connectivity index (χ4n) is 2.71. The molecule has 1 heterocycles. The van der Waals surface area contributed by atoms with Gasteiger partial charge in [-0.2, -0.15) is 0 Å². The van der Waals surface area contributed by atoms with E-state index in [1.165, 1.54) is 0 Å². The molecule has 0 bridgehead atoms. The van der Waals surface area contributed by atoms with Crippen molar-refractivity contribution in [1.29, 1.82) is 0 Å². The van der Waals surface area contributed by atoms with E-state index in [4.69, 9.17) is 4.74 Å². The fraction of sp³-hybridized carbons (Fsp3) is 0.875. The van der Waals surface area contributed by atoms with Crippen LogP contribution in [0, 0.1) is 17.8 Å². The third-order valence-electron chi connectivity index (χ3n) is 4.15. The van der Waals surface area contributed by atoms with E-state index in [0.717, 1.165) is 19.3 Å². The lowest BCUT2D eigenvalue weighted by Crippen LogP contribution is -2.51. The van der Waals surface area contributed by atoms with Crippen LogP contribution in [0.4, 0.5) is 0 Å². The van der Waals surface area contributed by atoms with Crippen molar-refractivity contribution in [3.63, 3.8) is 0 Å². The van der Waals surface area contributed by atoms with Gasteiger partial charge in [0.25, 0.3) is 0 Å². The van der Waals surface area contributed by atoms with Gasteiger partial charge in [-0.05, 0) is 24.7 Å². The second-order valence-electron chi connectivity index (χ2n) is 6.88. The topological polar surface area (TPSA) is 46.6 Å². The molecular formula is C16H27NO3S. The Hall–Kier alpha value is -0.710. The van der Waals surface area contributed by atoms with E-state index in [1.807, 2.05) is 18.7 Å². The zero-order valence-corrected chi connectivity index (χ0v) is 14.3. The van der Waals surface area contributed by atoms with Crippen LogP contribution < -0.4 is 0 Å². The van der Waals surface area contributed by atoms with Gasteiger partial charge >= 0.3 is 5.97 Å². The van der Waals surface area contributed by atoms with Crippen molar-refractivity contribution in [2.45, 2.75) is 58.4 Å². The number of hydrogen-bond donors (Lipinski definition) is 0. The number of thioether (sulfide) groups is 1. The third kappa shape index (κ3) is 3.74. The molecule has 1 amide bonds. The maximum absolute atomic E-state index is 12.7. The summed E-state index contributed by atoms with van der Waals surface area (Å²) in [5, 5.41) is 0.106. The molecule has 5 heteroatoms. The van der Waals surface area contributed by atoms with Crippen LogP contribution in [0.3, 0.4) is 0 Å². The molecule has 2 aliphatic rings. The molecule has 0 aromatic heterocycles. The molecule has 0 aromatic rings. The van der Waals surface area contributed by atoms with Crippen molar-refractivity contribution in [3.8, 4) is 0 Å². The number of nitrogens with zero attached hydrogens (tertiary/aromatic N) is 1. The van der Waals surface area contributed by atoms with Crippen LogP contribution >= 0.6 is 11.8 Å². The van der Waals surface area contributed by atoms with Gasteiger partial charge in [0.1, 0.15) is 6.04 Å². The van der Waals surface area contributed by atoms with Gasteiger partial charge in [0.15, 0.2) is 0 Å². The minimum Gasteiger partial charge on any atom is -0.464 e. The molecule has 1 saturated carbocycles. The first-order valence-electron chi connectivity index (χ1n) is 8.02. The van der Waals surface area contributed by atoms with Gasteiger partial charge in [-0.25, -0.2) is 4.79 Å². The van der Waals surface area contributed by atoms with Crippen molar-refractivity contribution >= 4 is 23.6 Å². The molecule has 1 saturated heterocycles. The molecule has 2 unspecified atom stereocenters. The minimum absolute atomic E-state index is 0.106. The van der Waals surface area contributed by atoms with Gasteiger partial charge in [0.2, 0.25) is 5.91 Å². The zero-order valence-electron chi connectivity index (χ0n) is 13.5. The van der Waals surface area contributed by atoms with Crippen molar-refractivity contribution < 1.29 is 14.3 Å². The van der Waals surface area contributed by atoms with Gasteiger partial charge in [-0.1, -0.05) is 34.1 Å². The van der Waals surface area contributed by atoms with E-state index < -0.39 is 6.04 Å². The van der Waals surface area contributed by atoms with E-state index in [-0.39, 0.29) is 23.2 Å². The van der Waals surface area contributed by atoms with Crippen LogP contribution in [0.1, 0.15) is 47.0 Å². The Balaban J connectivity index is 2.07. The summed E-state index contributed by atoms with van der Waals surface area (Å²) in [5.74, 6) is 1.40. The highest BCUT2D eigenvalue weighted by Gasteiger charge is 2.46. The second-order valence-corrected chi connectivity index (χ2v) is 8.03. The van der Waals surface area contributed by atoms with Crippen molar-refractivity contribution in [2.75, 3.05) is 12.4 Å². The maximum Gasteiger partial charge on any atom is 0.329 e. The Morgan fingerprint density at radius 3 is 2.38 bits per heavy atom. The second kappa shape index (κ2) is 7.03. The zero-order chi connectivity index (χ0) is 15.6. The lowest BCUT2D eigenvalue weighted by Gasteiger charge is -2.36. The molecule has 0 radical (unpaired) electrons. The Morgan fingerprint density at radius 1 is 1.24 bits per heavy atom. The van der Waals surface area contributed by atoms with Crippen LogP contribution in [0.15, 0.2) is 0 Å². The van der Waals surface area contributed by atoms with Crippen LogP contribution in [-0.4, -0.2) is 40.6 Å². The van der Waals surface area contributed by atoms with Crippen molar-refractivity contribution in [1.82, 2.24) is 4.90 Å². The average molecular weight is 313 g/mol. The van der Waals surface area contributed by atoms with Gasteiger partial charge in [-0.3, -0.25) is 4.79 Å². The molecule has 2 fully saturated rings. The molecule has 0 N–H and O–H groups in total. The summed E-state index contributed by atoms with van der Waals surface area (Å²) in [7, 11) is 0. The number of carbonyl (C=O) groups is 2. The predicted molar refractivity (Wildman–Crippen MR) is 84.9 cm³/mol. The molecule has 1 aliphatic carbocycles. The predicted octanol–water partition coefficient (Wildman–Crippen LogP) is 2.91. The monoisotopic (exact) mass is 313 g/mol. The molecule has 0 aromatic carbocycles. The summed E-state index contributed by atoms with van der Waals surface area (Å²) in [5.41, 5.74) is 0. The van der Waals surface area contributed by atoms with E-state index in [1.54, 1.807) is 11.8 Å². The first kappa shape index (κ1) is 16.7. The number of hydrogen-bond acceptors (Lipinski definition) is 4. The number of ether oxygens (including phenoxy) is 1. The third-order valence-corrected chi connectivity index (χ3v) is 5.77. The molecule has 1 aliphatic heterocycles. The summed E-state index contributed by atoms with van der Waals surface area (Å²) >= 11 is 1.71. The van der Waals surface area contributed by atoms with Crippen molar-refractivity contribution in [3.05, 3.63) is 0 Å². The molecule has 120 valence electrons. The Kier molecular flexibility index (Phi) is 5.58. The normalized spacial score (nSPS) is 26.3. The molecule has 21 heavy (non-hydrogen) atoms. The smallest absolute Gasteiger partial charge is 0.329 e. The number of carbonyl (C=O) groups excluding carboxylic acids is 2. The SMILES string of the molecule is CC(C)COC(=O)C1CSC(C(C)C)N1C(=O)C1CCC1. The molecule has 0 spiro atoms. The summed E-state index contributed by atoms with van der Waals surface area (Å²) in [6.07, 6.45) is 3.07. The van der Waals surface area contributed by atoms with E-state index in [2.05, 4.69) is 13.8 Å². The van der Waals surface area contributed by atoms with E-state index in [9.17, 15) is 9.59 Å². The molecule has 4 nitrogen and oxygen atoms in total. The average Bonchev–Trinajstić information content (AvgIpc) is 2.78. The quantitative estimate of drug-likeness (QED) is 0.732.